The quantitative estimate of drug-likeness (QED) is 0.809. The molecule has 2 rings (SSSR count). The number of sulfonamides is 1. The van der Waals surface area contributed by atoms with Gasteiger partial charge in [-0.15, -0.1) is 11.3 Å². The highest BCUT2D eigenvalue weighted by molar-refractivity contribution is 7.89. The SMILES string of the molecule is CCNc1cc(S(=O)(=O)NCCc2nccs2)ccn1. The number of rotatable bonds is 7. The Morgan fingerprint density at radius 3 is 2.85 bits per heavy atom. The van der Waals surface area contributed by atoms with Gasteiger partial charge in [0.2, 0.25) is 10.0 Å². The molecular weight excluding hydrogens is 296 g/mol. The van der Waals surface area contributed by atoms with E-state index in [-0.39, 0.29) is 4.90 Å². The Labute approximate surface area is 122 Å². The Morgan fingerprint density at radius 1 is 1.30 bits per heavy atom. The molecule has 0 unspecified atom stereocenters. The van der Waals surface area contributed by atoms with E-state index in [1.807, 2.05) is 12.3 Å². The first-order valence-corrected chi connectivity index (χ1v) is 8.56. The van der Waals surface area contributed by atoms with E-state index in [0.29, 0.717) is 25.3 Å². The molecule has 0 aliphatic heterocycles. The highest BCUT2D eigenvalue weighted by Gasteiger charge is 2.14. The molecule has 2 aromatic rings. The number of pyridine rings is 1. The van der Waals surface area contributed by atoms with Crippen LogP contribution in [0.5, 0.6) is 0 Å². The molecule has 0 fully saturated rings. The predicted molar refractivity (Wildman–Crippen MR) is 79.4 cm³/mol. The number of hydrogen-bond donors (Lipinski definition) is 2. The Hall–Kier alpha value is -1.51. The lowest BCUT2D eigenvalue weighted by atomic mass is 10.4. The molecule has 0 aliphatic carbocycles. The average molecular weight is 312 g/mol. The van der Waals surface area contributed by atoms with Gasteiger partial charge in [0.25, 0.3) is 0 Å². The van der Waals surface area contributed by atoms with Gasteiger partial charge in [0.1, 0.15) is 5.82 Å². The first-order valence-electron chi connectivity index (χ1n) is 6.20. The number of thiazole rings is 1. The Kier molecular flexibility index (Phi) is 5.05. The molecular formula is C12H16N4O2S2. The standard InChI is InChI=1S/C12H16N4O2S2/c1-2-13-11-9-10(3-5-14-11)20(17,18)16-6-4-12-15-7-8-19-12/h3,5,7-9,16H,2,4,6H2,1H3,(H,13,14). The number of aromatic nitrogens is 2. The zero-order valence-corrected chi connectivity index (χ0v) is 12.7. The van der Waals surface area contributed by atoms with E-state index in [1.54, 1.807) is 6.20 Å². The first kappa shape index (κ1) is 14.9. The lowest BCUT2D eigenvalue weighted by Gasteiger charge is -2.08. The first-order chi connectivity index (χ1) is 9.62. The lowest BCUT2D eigenvalue weighted by molar-refractivity contribution is 0.581. The van der Waals surface area contributed by atoms with E-state index in [1.165, 1.54) is 29.7 Å². The minimum absolute atomic E-state index is 0.211. The van der Waals surface area contributed by atoms with Crippen molar-refractivity contribution in [3.05, 3.63) is 34.9 Å². The van der Waals surface area contributed by atoms with Crippen molar-refractivity contribution in [2.24, 2.45) is 0 Å². The molecule has 6 nitrogen and oxygen atoms in total. The average Bonchev–Trinajstić information content (AvgIpc) is 2.92. The van der Waals surface area contributed by atoms with Crippen LogP contribution in [0.3, 0.4) is 0 Å². The van der Waals surface area contributed by atoms with Crippen LogP contribution in [0.25, 0.3) is 0 Å². The van der Waals surface area contributed by atoms with Crippen LogP contribution in [0.4, 0.5) is 5.82 Å². The fourth-order valence-electron chi connectivity index (χ4n) is 1.61. The van der Waals surface area contributed by atoms with Crippen molar-refractivity contribution in [1.29, 1.82) is 0 Å². The fourth-order valence-corrected chi connectivity index (χ4v) is 3.27. The summed E-state index contributed by atoms with van der Waals surface area (Å²) < 4.78 is 26.8. The van der Waals surface area contributed by atoms with E-state index in [0.717, 1.165) is 5.01 Å². The van der Waals surface area contributed by atoms with Crippen LogP contribution in [0.1, 0.15) is 11.9 Å². The molecule has 20 heavy (non-hydrogen) atoms. The van der Waals surface area contributed by atoms with Crippen LogP contribution >= 0.6 is 11.3 Å². The van der Waals surface area contributed by atoms with Gasteiger partial charge < -0.3 is 5.32 Å². The van der Waals surface area contributed by atoms with Gasteiger partial charge in [0.15, 0.2) is 0 Å². The largest absolute Gasteiger partial charge is 0.370 e. The second-order valence-corrected chi connectivity index (χ2v) is 6.73. The van der Waals surface area contributed by atoms with E-state index in [4.69, 9.17) is 0 Å². The van der Waals surface area contributed by atoms with Crippen molar-refractivity contribution in [2.45, 2.75) is 18.2 Å². The summed E-state index contributed by atoms with van der Waals surface area (Å²) in [7, 11) is -3.51. The fraction of sp³-hybridized carbons (Fsp3) is 0.333. The highest BCUT2D eigenvalue weighted by Crippen LogP contribution is 2.12. The number of nitrogens with zero attached hydrogens (tertiary/aromatic N) is 2. The number of nitrogens with one attached hydrogen (secondary N) is 2. The molecule has 0 radical (unpaired) electrons. The maximum atomic E-state index is 12.1. The van der Waals surface area contributed by atoms with Crippen LogP contribution in [0.2, 0.25) is 0 Å². The van der Waals surface area contributed by atoms with Crippen LogP contribution in [0, 0.1) is 0 Å². The van der Waals surface area contributed by atoms with Gasteiger partial charge in [-0.25, -0.2) is 23.1 Å². The topological polar surface area (TPSA) is 84.0 Å². The Bertz CT molecular complexity index is 641. The van der Waals surface area contributed by atoms with Crippen molar-refractivity contribution in [3.63, 3.8) is 0 Å². The molecule has 108 valence electrons. The summed E-state index contributed by atoms with van der Waals surface area (Å²) in [4.78, 5) is 8.37. The van der Waals surface area contributed by atoms with Crippen molar-refractivity contribution in [1.82, 2.24) is 14.7 Å². The van der Waals surface area contributed by atoms with Crippen LogP contribution in [-0.4, -0.2) is 31.5 Å². The summed E-state index contributed by atoms with van der Waals surface area (Å²) in [5.74, 6) is 0.551. The molecule has 0 atom stereocenters. The van der Waals surface area contributed by atoms with Gasteiger partial charge in [-0.2, -0.15) is 0 Å². The van der Waals surface area contributed by atoms with E-state index in [9.17, 15) is 8.42 Å². The molecule has 0 spiro atoms. The zero-order valence-electron chi connectivity index (χ0n) is 11.0. The van der Waals surface area contributed by atoms with Crippen LogP contribution in [-0.2, 0) is 16.4 Å². The summed E-state index contributed by atoms with van der Waals surface area (Å²) in [6, 6.07) is 3.00. The van der Waals surface area contributed by atoms with Gasteiger partial charge in [-0.1, -0.05) is 0 Å². The molecule has 0 aliphatic rings. The lowest BCUT2D eigenvalue weighted by Crippen LogP contribution is -2.26. The minimum Gasteiger partial charge on any atom is -0.370 e. The Morgan fingerprint density at radius 2 is 2.15 bits per heavy atom. The van der Waals surface area contributed by atoms with Crippen molar-refractivity contribution in [3.8, 4) is 0 Å². The number of hydrogen-bond acceptors (Lipinski definition) is 6. The van der Waals surface area contributed by atoms with E-state index in [2.05, 4.69) is 20.0 Å². The van der Waals surface area contributed by atoms with E-state index >= 15 is 0 Å². The molecule has 2 N–H and O–H groups in total. The molecule has 0 bridgehead atoms. The molecule has 0 aromatic carbocycles. The molecule has 2 aromatic heterocycles. The van der Waals surface area contributed by atoms with Crippen molar-refractivity contribution >= 4 is 27.2 Å². The monoisotopic (exact) mass is 312 g/mol. The third kappa shape index (κ3) is 3.99. The molecule has 0 saturated heterocycles. The van der Waals surface area contributed by atoms with Crippen molar-refractivity contribution in [2.75, 3.05) is 18.4 Å². The maximum absolute atomic E-state index is 12.1. The normalized spacial score (nSPS) is 11.4. The third-order valence-corrected chi connectivity index (χ3v) is 4.81. The second-order valence-electron chi connectivity index (χ2n) is 3.98. The zero-order chi connectivity index (χ0) is 14.4. The van der Waals surface area contributed by atoms with Gasteiger partial charge in [0, 0.05) is 43.4 Å². The highest BCUT2D eigenvalue weighted by atomic mass is 32.2. The van der Waals surface area contributed by atoms with Gasteiger partial charge in [-0.05, 0) is 13.0 Å². The predicted octanol–water partition coefficient (Wildman–Crippen LogP) is 1.49. The minimum atomic E-state index is -3.51. The molecule has 8 heteroatoms. The van der Waals surface area contributed by atoms with Crippen LogP contribution in [0.15, 0.2) is 34.8 Å². The molecule has 2 heterocycles. The summed E-state index contributed by atoms with van der Waals surface area (Å²) in [5, 5.41) is 5.77. The van der Waals surface area contributed by atoms with Crippen LogP contribution < -0.4 is 10.0 Å². The molecule has 0 saturated carbocycles. The Balaban J connectivity index is 2.00. The number of anilines is 1. The van der Waals surface area contributed by atoms with Gasteiger partial charge in [-0.3, -0.25) is 0 Å². The summed E-state index contributed by atoms with van der Waals surface area (Å²) >= 11 is 1.51. The summed E-state index contributed by atoms with van der Waals surface area (Å²) in [6.45, 7) is 2.94. The maximum Gasteiger partial charge on any atom is 0.240 e. The summed E-state index contributed by atoms with van der Waals surface area (Å²) in [5.41, 5.74) is 0. The van der Waals surface area contributed by atoms with Gasteiger partial charge in [0.05, 0.1) is 9.90 Å². The smallest absolute Gasteiger partial charge is 0.240 e. The van der Waals surface area contributed by atoms with E-state index < -0.39 is 10.0 Å². The summed E-state index contributed by atoms with van der Waals surface area (Å²) in [6.07, 6.45) is 3.77. The second kappa shape index (κ2) is 6.78. The van der Waals surface area contributed by atoms with Crippen molar-refractivity contribution < 1.29 is 8.42 Å². The molecule has 0 amide bonds. The third-order valence-electron chi connectivity index (χ3n) is 2.51. The van der Waals surface area contributed by atoms with Gasteiger partial charge >= 0.3 is 0 Å².